The molecule has 0 aliphatic carbocycles. The zero-order chi connectivity index (χ0) is 13.9. The minimum absolute atomic E-state index is 0.261. The van der Waals surface area contributed by atoms with Crippen molar-refractivity contribution < 1.29 is 13.9 Å². The maximum Gasteiger partial charge on any atom is 0.373 e. The molecule has 108 valence electrons. The third kappa shape index (κ3) is 6.68. The van der Waals surface area contributed by atoms with Gasteiger partial charge in [-0.15, -0.1) is 0 Å². The van der Waals surface area contributed by atoms with Gasteiger partial charge in [0.2, 0.25) is 5.76 Å². The van der Waals surface area contributed by atoms with E-state index in [2.05, 4.69) is 16.3 Å². The molecule has 0 fully saturated rings. The summed E-state index contributed by atoms with van der Waals surface area (Å²) in [5, 5.41) is 3.31. The average Bonchev–Trinajstić information content (AvgIpc) is 2.89. The Hall–Kier alpha value is -0.940. The fourth-order valence-corrected chi connectivity index (χ4v) is 2.24. The van der Waals surface area contributed by atoms with Crippen LogP contribution in [0.15, 0.2) is 16.5 Å². The summed E-state index contributed by atoms with van der Waals surface area (Å²) in [5.74, 6) is 1.86. The Morgan fingerprint density at radius 1 is 1.32 bits per heavy atom. The first-order valence-corrected chi connectivity index (χ1v) is 8.04. The van der Waals surface area contributed by atoms with E-state index < -0.39 is 5.97 Å². The number of carbonyl (C=O) groups is 1. The number of furan rings is 1. The predicted octanol–water partition coefficient (Wildman–Crippen LogP) is 3.08. The lowest BCUT2D eigenvalue weighted by Crippen LogP contribution is -2.14. The molecule has 0 aliphatic rings. The number of esters is 1. The van der Waals surface area contributed by atoms with Crippen molar-refractivity contribution in [3.63, 3.8) is 0 Å². The highest BCUT2D eigenvalue weighted by molar-refractivity contribution is 7.98. The van der Waals surface area contributed by atoms with E-state index in [0.717, 1.165) is 12.3 Å². The maximum absolute atomic E-state index is 11.2. The van der Waals surface area contributed by atoms with Gasteiger partial charge in [0.25, 0.3) is 0 Å². The number of ether oxygens (including phenoxy) is 1. The minimum Gasteiger partial charge on any atom is -0.463 e. The molecule has 4 nitrogen and oxygen atoms in total. The van der Waals surface area contributed by atoms with E-state index in [1.54, 1.807) is 12.1 Å². The number of nitrogens with one attached hydrogen (secondary N) is 1. The Labute approximate surface area is 119 Å². The monoisotopic (exact) mass is 285 g/mol. The van der Waals surface area contributed by atoms with Gasteiger partial charge in [0.1, 0.15) is 5.76 Å². The van der Waals surface area contributed by atoms with Crippen molar-refractivity contribution in [3.8, 4) is 0 Å². The van der Waals surface area contributed by atoms with Gasteiger partial charge in [-0.3, -0.25) is 0 Å². The second kappa shape index (κ2) is 9.92. The molecule has 0 radical (unpaired) electrons. The third-order valence-corrected chi connectivity index (χ3v) is 3.50. The van der Waals surface area contributed by atoms with Crippen molar-refractivity contribution in [2.45, 2.75) is 32.2 Å². The van der Waals surface area contributed by atoms with Crippen LogP contribution < -0.4 is 5.32 Å². The number of methoxy groups -OCH3 is 1. The Morgan fingerprint density at radius 2 is 2.11 bits per heavy atom. The Kier molecular flexibility index (Phi) is 8.41. The summed E-state index contributed by atoms with van der Waals surface area (Å²) in [6.07, 6.45) is 7.20. The first-order chi connectivity index (χ1) is 9.27. The minimum atomic E-state index is -0.431. The van der Waals surface area contributed by atoms with Gasteiger partial charge in [-0.1, -0.05) is 12.8 Å². The topological polar surface area (TPSA) is 51.5 Å². The van der Waals surface area contributed by atoms with E-state index in [1.165, 1.54) is 38.5 Å². The highest BCUT2D eigenvalue weighted by Crippen LogP contribution is 2.09. The van der Waals surface area contributed by atoms with E-state index in [4.69, 9.17) is 4.42 Å². The first kappa shape index (κ1) is 16.1. The van der Waals surface area contributed by atoms with Crippen LogP contribution in [-0.4, -0.2) is 31.6 Å². The number of hydrogen-bond donors (Lipinski definition) is 1. The van der Waals surface area contributed by atoms with E-state index in [9.17, 15) is 4.79 Å². The number of carbonyl (C=O) groups excluding carboxylic acids is 1. The summed E-state index contributed by atoms with van der Waals surface area (Å²) in [7, 11) is 1.35. The Bertz CT molecular complexity index is 365. The summed E-state index contributed by atoms with van der Waals surface area (Å²) in [6.45, 7) is 1.63. The Balaban J connectivity index is 2.06. The summed E-state index contributed by atoms with van der Waals surface area (Å²) in [6, 6.07) is 3.45. The Morgan fingerprint density at radius 3 is 2.84 bits per heavy atom. The van der Waals surface area contributed by atoms with Crippen molar-refractivity contribution in [2.24, 2.45) is 0 Å². The van der Waals surface area contributed by atoms with Gasteiger partial charge >= 0.3 is 5.97 Å². The van der Waals surface area contributed by atoms with E-state index in [-0.39, 0.29) is 5.76 Å². The molecule has 1 N–H and O–H groups in total. The van der Waals surface area contributed by atoms with Gasteiger partial charge in [-0.05, 0) is 43.5 Å². The number of hydrogen-bond acceptors (Lipinski definition) is 5. The lowest BCUT2D eigenvalue weighted by Gasteiger charge is -2.02. The molecular formula is C14H23NO3S. The van der Waals surface area contributed by atoms with Gasteiger partial charge in [0.15, 0.2) is 0 Å². The molecule has 0 bridgehead atoms. The van der Waals surface area contributed by atoms with Crippen molar-refractivity contribution in [2.75, 3.05) is 25.7 Å². The molecule has 0 saturated heterocycles. The molecule has 0 aliphatic heterocycles. The smallest absolute Gasteiger partial charge is 0.373 e. The number of thioether (sulfide) groups is 1. The summed E-state index contributed by atoms with van der Waals surface area (Å²) < 4.78 is 9.94. The molecule has 0 unspecified atom stereocenters. The highest BCUT2D eigenvalue weighted by atomic mass is 32.2. The average molecular weight is 285 g/mol. The zero-order valence-corrected chi connectivity index (χ0v) is 12.6. The molecule has 1 aromatic rings. The zero-order valence-electron chi connectivity index (χ0n) is 11.7. The van der Waals surface area contributed by atoms with Crippen LogP contribution in [0, 0.1) is 0 Å². The van der Waals surface area contributed by atoms with Crippen LogP contribution in [0.25, 0.3) is 0 Å². The van der Waals surface area contributed by atoms with Crippen molar-refractivity contribution in [1.29, 1.82) is 0 Å². The molecule has 0 amide bonds. The summed E-state index contributed by atoms with van der Waals surface area (Å²) in [4.78, 5) is 11.2. The quantitative estimate of drug-likeness (QED) is 0.529. The maximum atomic E-state index is 11.2. The van der Waals surface area contributed by atoms with Gasteiger partial charge in [0, 0.05) is 0 Å². The largest absolute Gasteiger partial charge is 0.463 e. The van der Waals surface area contributed by atoms with Gasteiger partial charge < -0.3 is 14.5 Å². The standard InChI is InChI=1S/C14H23NO3S/c1-17-14(16)13-8-7-12(18-13)11-15-9-5-3-4-6-10-19-2/h7-8,15H,3-6,9-11H2,1-2H3. The molecule has 19 heavy (non-hydrogen) atoms. The molecule has 1 aromatic heterocycles. The lowest BCUT2D eigenvalue weighted by molar-refractivity contribution is 0.0563. The first-order valence-electron chi connectivity index (χ1n) is 6.64. The van der Waals surface area contributed by atoms with Crippen LogP contribution >= 0.6 is 11.8 Å². The third-order valence-electron chi connectivity index (χ3n) is 2.80. The summed E-state index contributed by atoms with van der Waals surface area (Å²) >= 11 is 1.91. The predicted molar refractivity (Wildman–Crippen MR) is 78.6 cm³/mol. The lowest BCUT2D eigenvalue weighted by atomic mass is 10.2. The van der Waals surface area contributed by atoms with Crippen molar-refractivity contribution in [3.05, 3.63) is 23.7 Å². The van der Waals surface area contributed by atoms with Gasteiger partial charge in [-0.25, -0.2) is 4.79 Å². The van der Waals surface area contributed by atoms with Gasteiger partial charge in [0.05, 0.1) is 13.7 Å². The molecular weight excluding hydrogens is 262 g/mol. The highest BCUT2D eigenvalue weighted by Gasteiger charge is 2.10. The molecule has 0 spiro atoms. The second-order valence-electron chi connectivity index (χ2n) is 4.34. The molecule has 0 aromatic carbocycles. The molecule has 0 saturated carbocycles. The fourth-order valence-electron chi connectivity index (χ4n) is 1.74. The van der Waals surface area contributed by atoms with E-state index in [1.807, 2.05) is 11.8 Å². The fraction of sp³-hybridized carbons (Fsp3) is 0.643. The second-order valence-corrected chi connectivity index (χ2v) is 5.33. The van der Waals surface area contributed by atoms with Crippen LogP contribution in [0.3, 0.4) is 0 Å². The van der Waals surface area contributed by atoms with Crippen LogP contribution in [0.1, 0.15) is 42.0 Å². The van der Waals surface area contributed by atoms with Crippen LogP contribution in [0.5, 0.6) is 0 Å². The number of rotatable bonds is 10. The molecule has 1 rings (SSSR count). The SMILES string of the molecule is COC(=O)c1ccc(CNCCCCCCSC)o1. The normalized spacial score (nSPS) is 10.6. The van der Waals surface area contributed by atoms with Crippen molar-refractivity contribution in [1.82, 2.24) is 5.32 Å². The van der Waals surface area contributed by atoms with Crippen LogP contribution in [-0.2, 0) is 11.3 Å². The summed E-state index contributed by atoms with van der Waals surface area (Å²) in [5.41, 5.74) is 0. The molecule has 1 heterocycles. The molecule has 0 atom stereocenters. The molecule has 5 heteroatoms. The van der Waals surface area contributed by atoms with E-state index in [0.29, 0.717) is 6.54 Å². The van der Waals surface area contributed by atoms with Crippen LogP contribution in [0.2, 0.25) is 0 Å². The van der Waals surface area contributed by atoms with E-state index >= 15 is 0 Å². The van der Waals surface area contributed by atoms with Crippen molar-refractivity contribution >= 4 is 17.7 Å². The van der Waals surface area contributed by atoms with Gasteiger partial charge in [-0.2, -0.15) is 11.8 Å². The van der Waals surface area contributed by atoms with Crippen LogP contribution in [0.4, 0.5) is 0 Å². The number of unbranched alkanes of at least 4 members (excludes halogenated alkanes) is 3.